The van der Waals surface area contributed by atoms with Crippen molar-refractivity contribution in [2.75, 3.05) is 76.0 Å². The van der Waals surface area contributed by atoms with E-state index in [1.54, 1.807) is 0 Å². The summed E-state index contributed by atoms with van der Waals surface area (Å²) in [6.45, 7) is 0. The van der Waals surface area contributed by atoms with Crippen molar-refractivity contribution in [1.29, 1.82) is 0 Å². The number of pyridine rings is 2. The topological polar surface area (TPSA) is 88.2 Å². The van der Waals surface area contributed by atoms with Crippen LogP contribution >= 0.6 is 0 Å². The number of aliphatic imine (C=N–C) groups is 4. The molecule has 0 saturated heterocycles. The Morgan fingerprint density at radius 3 is 0.495 bits per heavy atom. The smallest absolute Gasteiger partial charge is 0.0965 e. The van der Waals surface area contributed by atoms with Crippen LogP contribution in [0.25, 0.3) is 0 Å². The van der Waals surface area contributed by atoms with Crippen LogP contribution in [0.4, 0.5) is 45.5 Å². The Balaban J connectivity index is 0.000000198. The van der Waals surface area contributed by atoms with Gasteiger partial charge in [-0.1, -0.05) is 243 Å². The quantitative estimate of drug-likeness (QED) is 0.0707. The predicted octanol–water partition coefficient (Wildman–Crippen LogP) is 19.8. The van der Waals surface area contributed by atoms with Gasteiger partial charge < -0.3 is 19.6 Å². The molecule has 2 aromatic heterocycles. The highest BCUT2D eigenvalue weighted by atomic mass is 27.0. The van der Waals surface area contributed by atoms with E-state index in [2.05, 4.69) is 117 Å². The molecule has 0 bridgehead atoms. The molecule has 0 fully saturated rings. The first-order chi connectivity index (χ1) is 47.9. The van der Waals surface area contributed by atoms with E-state index < -0.39 is 0 Å². The van der Waals surface area contributed by atoms with E-state index >= 15 is 0 Å². The van der Waals surface area contributed by atoms with Gasteiger partial charge in [0.15, 0.2) is 0 Å². The van der Waals surface area contributed by atoms with E-state index in [-0.39, 0.29) is 17.4 Å². The number of hydrogen-bond acceptors (Lipinski definition) is 10. The van der Waals surface area contributed by atoms with Gasteiger partial charge >= 0.3 is 0 Å². The second kappa shape index (κ2) is 39.2. The Kier molecular flexibility index (Phi) is 28.9. The highest BCUT2D eigenvalue weighted by Crippen LogP contribution is 2.27. The highest BCUT2D eigenvalue weighted by Gasteiger charge is 2.17. The Morgan fingerprint density at radius 2 is 0.343 bits per heavy atom. The molecule has 99 heavy (non-hydrogen) atoms. The summed E-state index contributed by atoms with van der Waals surface area (Å²) in [4.78, 5) is 38.9. The van der Waals surface area contributed by atoms with Gasteiger partial charge in [-0.05, 0) is 121 Å². The summed E-state index contributed by atoms with van der Waals surface area (Å²) in [5.74, 6) is 0. The minimum atomic E-state index is 0. The van der Waals surface area contributed by atoms with Gasteiger partial charge in [-0.25, -0.2) is 29.9 Å². The van der Waals surface area contributed by atoms with Crippen LogP contribution in [-0.2, 0) is 0 Å². The Morgan fingerprint density at radius 1 is 0.192 bits per heavy atom. The highest BCUT2D eigenvalue weighted by molar-refractivity contribution is 6.17. The largest absolute Gasteiger partial charge is 0.378 e. The summed E-state index contributed by atoms with van der Waals surface area (Å²) in [6, 6.07) is 122. The van der Waals surface area contributed by atoms with Gasteiger partial charge in [-0.15, -0.1) is 0 Å². The third kappa shape index (κ3) is 23.2. The Hall–Kier alpha value is -11.9. The first kappa shape index (κ1) is 73.0. The van der Waals surface area contributed by atoms with Crippen LogP contribution in [0.5, 0.6) is 0 Å². The van der Waals surface area contributed by atoms with Gasteiger partial charge in [0.25, 0.3) is 0 Å². The van der Waals surface area contributed by atoms with Crippen molar-refractivity contribution < 1.29 is 0 Å². The molecule has 3 radical (unpaired) electrons. The Bertz CT molecular complexity index is 3890. The molecule has 11 heteroatoms. The molecule has 0 aliphatic rings. The molecule has 489 valence electrons. The van der Waals surface area contributed by atoms with Crippen LogP contribution in [0.3, 0.4) is 0 Å². The maximum absolute atomic E-state index is 5.13. The average Bonchev–Trinajstić information content (AvgIpc) is 0.827. The average molecular weight is 1310 g/mol. The molecular formula is C88H84AlN10. The second-order valence-corrected chi connectivity index (χ2v) is 23.2. The van der Waals surface area contributed by atoms with Crippen LogP contribution in [0.1, 0.15) is 45.0 Å². The third-order valence-corrected chi connectivity index (χ3v) is 15.1. The van der Waals surface area contributed by atoms with Crippen LogP contribution in [-0.4, -0.2) is 107 Å². The SMILES string of the molecule is CN(C)c1ccc(N=C(c2ccccc2)c2cccc(C(=Nc3ccc(N(C)C)cc3)c3ccccc3)n2)cc1.CN(C)c1ccc(N=C(c2ccccc2)c2cccc(C(=Nc3ccc(N(C)C)cc3)c3ccccc3)n2)cc1.[Al].c1ccccc1.c1ccccc1.c1ccccc1. The lowest BCUT2D eigenvalue weighted by Gasteiger charge is -2.13. The standard InChI is InChI=1S/2C35H33N5.3C6H6.Al/c2*1-39(2)30-22-18-28(19-23-30)36-34(26-12-7-5-8-13-26)32-16-11-17-33(38-32)35(27-14-9-6-10-15-27)37-29-20-24-31(25-21-29)40(3)4;3*1-2-4-6-5-3-1;/h2*5-25H,1-4H3;3*1-6H;. The van der Waals surface area contributed by atoms with Crippen LogP contribution in [0.15, 0.2) is 384 Å². The van der Waals surface area contributed by atoms with Gasteiger partial charge in [-0.3, -0.25) is 0 Å². The number of rotatable bonds is 16. The summed E-state index contributed by atoms with van der Waals surface area (Å²) < 4.78 is 0. The molecule has 2 heterocycles. The van der Waals surface area contributed by atoms with E-state index in [4.69, 9.17) is 29.9 Å². The summed E-state index contributed by atoms with van der Waals surface area (Å²) in [5.41, 5.74) is 18.4. The van der Waals surface area contributed by atoms with Crippen molar-refractivity contribution in [3.8, 4) is 0 Å². The van der Waals surface area contributed by atoms with Crippen LogP contribution in [0.2, 0.25) is 0 Å². The van der Waals surface area contributed by atoms with E-state index in [1.165, 1.54) is 0 Å². The fourth-order valence-electron chi connectivity index (χ4n) is 9.83. The van der Waals surface area contributed by atoms with Crippen molar-refractivity contribution in [3.05, 3.63) is 409 Å². The molecule has 0 aliphatic heterocycles. The number of hydrogen-bond donors (Lipinski definition) is 0. The minimum Gasteiger partial charge on any atom is -0.378 e. The predicted molar refractivity (Wildman–Crippen MR) is 424 cm³/mol. The molecule has 0 N–H and O–H groups in total. The molecule has 13 aromatic rings. The van der Waals surface area contributed by atoms with Crippen molar-refractivity contribution in [3.63, 3.8) is 0 Å². The van der Waals surface area contributed by atoms with Gasteiger partial charge in [0.1, 0.15) is 0 Å². The molecule has 0 spiro atoms. The summed E-state index contributed by atoms with van der Waals surface area (Å²) in [5, 5.41) is 0. The van der Waals surface area contributed by atoms with Crippen molar-refractivity contribution >= 4 is 85.7 Å². The molecule has 0 atom stereocenters. The second-order valence-electron chi connectivity index (χ2n) is 23.2. The molecule has 0 unspecified atom stereocenters. The van der Waals surface area contributed by atoms with Gasteiger partial charge in [0, 0.05) is 119 Å². The van der Waals surface area contributed by atoms with Crippen LogP contribution in [0, 0.1) is 0 Å². The fourth-order valence-corrected chi connectivity index (χ4v) is 9.83. The molecular weight excluding hydrogens is 1220 g/mol. The number of nitrogens with zero attached hydrogens (tertiary/aromatic N) is 10. The maximum Gasteiger partial charge on any atom is 0.0965 e. The fraction of sp³-hybridized carbons (Fsp3) is 0.0909. The van der Waals surface area contributed by atoms with Gasteiger partial charge in [-0.2, -0.15) is 0 Å². The van der Waals surface area contributed by atoms with E-state index in [9.17, 15) is 0 Å². The van der Waals surface area contributed by atoms with Crippen molar-refractivity contribution in [2.24, 2.45) is 20.0 Å². The van der Waals surface area contributed by atoms with E-state index in [0.717, 1.165) is 113 Å². The zero-order chi connectivity index (χ0) is 68.5. The zero-order valence-electron chi connectivity index (χ0n) is 57.7. The van der Waals surface area contributed by atoms with Crippen molar-refractivity contribution in [1.82, 2.24) is 9.97 Å². The molecule has 13 rings (SSSR count). The maximum atomic E-state index is 5.13. The van der Waals surface area contributed by atoms with E-state index in [0.29, 0.717) is 0 Å². The summed E-state index contributed by atoms with van der Waals surface area (Å²) in [7, 11) is 16.3. The molecule has 10 nitrogen and oxygen atoms in total. The lowest BCUT2D eigenvalue weighted by atomic mass is 10.0. The summed E-state index contributed by atoms with van der Waals surface area (Å²) in [6.07, 6.45) is 0. The first-order valence-corrected chi connectivity index (χ1v) is 32.6. The number of aromatic nitrogens is 2. The minimum absolute atomic E-state index is 0. The van der Waals surface area contributed by atoms with E-state index in [1.807, 2.05) is 323 Å². The lowest BCUT2D eigenvalue weighted by molar-refractivity contribution is 1.13. The summed E-state index contributed by atoms with van der Waals surface area (Å²) >= 11 is 0. The Labute approximate surface area is 596 Å². The first-order valence-electron chi connectivity index (χ1n) is 32.6. The normalized spacial score (nSPS) is 11.0. The monoisotopic (exact) mass is 1310 g/mol. The number of benzene rings is 11. The van der Waals surface area contributed by atoms with Crippen LogP contribution < -0.4 is 19.6 Å². The van der Waals surface area contributed by atoms with Crippen molar-refractivity contribution in [2.45, 2.75) is 0 Å². The third-order valence-electron chi connectivity index (χ3n) is 15.1. The zero-order valence-corrected chi connectivity index (χ0v) is 58.8. The van der Waals surface area contributed by atoms with Gasteiger partial charge in [0.2, 0.25) is 0 Å². The molecule has 0 aliphatic carbocycles. The number of anilines is 4. The lowest BCUT2D eigenvalue weighted by Crippen LogP contribution is -2.11. The molecule has 0 amide bonds. The van der Waals surface area contributed by atoms with Gasteiger partial charge in [0.05, 0.1) is 68.4 Å². The molecule has 11 aromatic carbocycles. The molecule has 0 saturated carbocycles.